The summed E-state index contributed by atoms with van der Waals surface area (Å²) in [7, 11) is 0. The summed E-state index contributed by atoms with van der Waals surface area (Å²) in [6, 6.07) is 9.86. The van der Waals surface area contributed by atoms with Gasteiger partial charge in [-0.15, -0.1) is 0 Å². The standard InChI is InChI=1S/C47H65NO8/c1-4-48-43(52)18-11-6-5-10-17-35-36(41(50)30-40(35)49)24-22-34(21-19-32-14-8-7-9-15-32)56-44(53)55-31-42(51)47(54)29-26-39-37-23-20-33-16-12-13-27-45(33,2)38(37)25-28-46(39,47)3/h5,7-10,14-16,22,24-25,34-37,39-41,49-50,54H,4,6,11-13,17-21,23,26-31H2,1-3H3,(H,48,52)/b10-5-,24-22+/t34-,35+,36+,37+,39-,40-,41+,45-,46-,47-/m0/s1. The van der Waals surface area contributed by atoms with E-state index >= 15 is 0 Å². The maximum atomic E-state index is 13.9. The van der Waals surface area contributed by atoms with Crippen LogP contribution in [0.25, 0.3) is 0 Å². The molecule has 4 N–H and O–H groups in total. The Kier molecular flexibility index (Phi) is 13.8. The molecule has 0 aliphatic heterocycles. The lowest BCUT2D eigenvalue weighted by Crippen LogP contribution is -2.55. The van der Waals surface area contributed by atoms with Crippen LogP contribution < -0.4 is 5.32 Å². The fraction of sp³-hybridized carbons (Fsp3) is 0.638. The molecule has 1 aromatic rings. The number of benzene rings is 1. The highest BCUT2D eigenvalue weighted by molar-refractivity contribution is 5.90. The van der Waals surface area contributed by atoms with Crippen LogP contribution in [-0.4, -0.2) is 70.2 Å². The van der Waals surface area contributed by atoms with Crippen LogP contribution in [0.1, 0.15) is 116 Å². The van der Waals surface area contributed by atoms with E-state index in [2.05, 4.69) is 31.3 Å². The van der Waals surface area contributed by atoms with Crippen LogP contribution in [-0.2, 0) is 25.5 Å². The molecule has 0 radical (unpaired) electrons. The molecule has 0 spiro atoms. The summed E-state index contributed by atoms with van der Waals surface area (Å²) in [6.45, 7) is 6.40. The number of hydrogen-bond acceptors (Lipinski definition) is 8. The monoisotopic (exact) mass is 771 g/mol. The quantitative estimate of drug-likeness (QED) is 0.0756. The number of carbonyl (C=O) groups excluding carboxylic acids is 3. The topological polar surface area (TPSA) is 142 Å². The van der Waals surface area contributed by atoms with E-state index in [4.69, 9.17) is 9.47 Å². The maximum absolute atomic E-state index is 13.9. The molecule has 0 heterocycles. The summed E-state index contributed by atoms with van der Waals surface area (Å²) in [5.74, 6) is -0.471. The van der Waals surface area contributed by atoms with Crippen molar-refractivity contribution in [2.45, 2.75) is 141 Å². The molecule has 10 atom stereocenters. The van der Waals surface area contributed by atoms with Crippen molar-refractivity contribution < 1.29 is 39.2 Å². The molecular formula is C47H65NO8. The number of amides is 1. The average Bonchev–Trinajstić information content (AvgIpc) is 3.62. The third-order valence-corrected chi connectivity index (χ3v) is 14.3. The number of allylic oxidation sites excluding steroid dienone is 6. The fourth-order valence-electron chi connectivity index (χ4n) is 11.1. The van der Waals surface area contributed by atoms with Gasteiger partial charge >= 0.3 is 6.16 Å². The lowest BCUT2D eigenvalue weighted by molar-refractivity contribution is -0.156. The second kappa shape index (κ2) is 18.4. The van der Waals surface area contributed by atoms with E-state index in [9.17, 15) is 29.7 Å². The molecule has 9 heteroatoms. The number of fused-ring (bicyclic) bond motifs is 5. The Labute approximate surface area is 333 Å². The molecule has 6 rings (SSSR count). The first-order valence-electron chi connectivity index (χ1n) is 21.4. The molecule has 1 amide bonds. The van der Waals surface area contributed by atoms with Gasteiger partial charge in [0.2, 0.25) is 11.7 Å². The van der Waals surface area contributed by atoms with Crippen molar-refractivity contribution in [1.29, 1.82) is 0 Å². The first-order valence-corrected chi connectivity index (χ1v) is 21.4. The largest absolute Gasteiger partial charge is 0.509 e. The zero-order chi connectivity index (χ0) is 39.9. The third-order valence-electron chi connectivity index (χ3n) is 14.3. The van der Waals surface area contributed by atoms with Crippen LogP contribution in [0, 0.1) is 34.5 Å². The number of carbonyl (C=O) groups is 3. The predicted molar refractivity (Wildman–Crippen MR) is 216 cm³/mol. The van der Waals surface area contributed by atoms with E-state index in [1.165, 1.54) is 12.0 Å². The lowest BCUT2D eigenvalue weighted by atomic mass is 9.50. The minimum Gasteiger partial charge on any atom is -0.427 e. The zero-order valence-electron chi connectivity index (χ0n) is 33.8. The molecule has 5 aliphatic carbocycles. The summed E-state index contributed by atoms with van der Waals surface area (Å²) in [6.07, 6.45) is 20.5. The highest BCUT2D eigenvalue weighted by atomic mass is 16.7. The molecule has 3 fully saturated rings. The van der Waals surface area contributed by atoms with Crippen LogP contribution >= 0.6 is 0 Å². The number of rotatable bonds is 16. The van der Waals surface area contributed by atoms with Gasteiger partial charge in [-0.25, -0.2) is 4.79 Å². The van der Waals surface area contributed by atoms with Crippen molar-refractivity contribution in [2.24, 2.45) is 34.5 Å². The summed E-state index contributed by atoms with van der Waals surface area (Å²) in [5.41, 5.74) is 2.01. The molecule has 3 saturated carbocycles. The van der Waals surface area contributed by atoms with Gasteiger partial charge in [0.05, 0.1) is 12.2 Å². The number of aryl methyl sites for hydroxylation is 1. The Bertz CT molecular complexity index is 1670. The maximum Gasteiger partial charge on any atom is 0.509 e. The van der Waals surface area contributed by atoms with Crippen LogP contribution in [0.4, 0.5) is 4.79 Å². The van der Waals surface area contributed by atoms with E-state index in [0.29, 0.717) is 51.0 Å². The number of ether oxygens (including phenoxy) is 2. The number of unbranched alkanes of at least 4 members (excludes halogenated alkanes) is 1. The van der Waals surface area contributed by atoms with Crippen molar-refractivity contribution in [3.63, 3.8) is 0 Å². The number of nitrogens with one attached hydrogen (secondary N) is 1. The second-order valence-electron chi connectivity index (χ2n) is 17.6. The van der Waals surface area contributed by atoms with E-state index < -0.39 is 47.9 Å². The molecular weight excluding hydrogens is 707 g/mol. The normalized spacial score (nSPS) is 34.2. The van der Waals surface area contributed by atoms with Gasteiger partial charge in [0, 0.05) is 36.1 Å². The highest BCUT2D eigenvalue weighted by Crippen LogP contribution is 2.65. The molecule has 306 valence electrons. The molecule has 56 heavy (non-hydrogen) atoms. The van der Waals surface area contributed by atoms with Gasteiger partial charge in [0.25, 0.3) is 0 Å². The van der Waals surface area contributed by atoms with E-state index in [-0.39, 0.29) is 35.5 Å². The molecule has 1 aromatic carbocycles. The molecule has 0 bridgehead atoms. The number of aliphatic hydroxyl groups is 3. The Hall–Kier alpha value is -3.53. The van der Waals surface area contributed by atoms with Crippen molar-refractivity contribution in [2.75, 3.05) is 13.2 Å². The smallest absolute Gasteiger partial charge is 0.427 e. The zero-order valence-corrected chi connectivity index (χ0v) is 33.8. The predicted octanol–water partition coefficient (Wildman–Crippen LogP) is 7.88. The first kappa shape index (κ1) is 42.1. The summed E-state index contributed by atoms with van der Waals surface area (Å²) in [5, 5.41) is 36.7. The number of ketones is 1. The summed E-state index contributed by atoms with van der Waals surface area (Å²) in [4.78, 5) is 38.9. The van der Waals surface area contributed by atoms with E-state index in [1.807, 2.05) is 55.5 Å². The SMILES string of the molecule is CCNC(=O)CCC/C=C\C[C@@H]1[C@@H](/C=C/[C@H](CCc2ccccc2)OC(=O)OCC(=O)[C@@]2(O)CC[C@H]3[C@@H]4CCC5=CCCC[C@]5(C)C4=CC[C@@]32C)[C@H](O)C[C@@H]1O. The summed E-state index contributed by atoms with van der Waals surface area (Å²) >= 11 is 0. The Morgan fingerprint density at radius 2 is 1.84 bits per heavy atom. The lowest BCUT2D eigenvalue weighted by Gasteiger charge is -2.54. The third kappa shape index (κ3) is 8.95. The number of aliphatic hydroxyl groups excluding tert-OH is 2. The number of hydrogen-bond donors (Lipinski definition) is 4. The van der Waals surface area contributed by atoms with Crippen molar-refractivity contribution in [3.8, 4) is 0 Å². The minimum atomic E-state index is -1.59. The van der Waals surface area contributed by atoms with Crippen molar-refractivity contribution in [1.82, 2.24) is 5.32 Å². The first-order chi connectivity index (χ1) is 26.9. The fourth-order valence-corrected chi connectivity index (χ4v) is 11.1. The molecule has 9 nitrogen and oxygen atoms in total. The summed E-state index contributed by atoms with van der Waals surface area (Å²) < 4.78 is 11.3. The van der Waals surface area contributed by atoms with Gasteiger partial charge < -0.3 is 30.1 Å². The van der Waals surface area contributed by atoms with Gasteiger partial charge in [-0.2, -0.15) is 0 Å². The number of Topliss-reactive ketones (excluding diaryl/α,β-unsaturated/α-hetero) is 1. The Morgan fingerprint density at radius 3 is 2.62 bits per heavy atom. The van der Waals surface area contributed by atoms with Crippen LogP contribution in [0.5, 0.6) is 0 Å². The van der Waals surface area contributed by atoms with Crippen molar-refractivity contribution >= 4 is 17.8 Å². The second-order valence-corrected chi connectivity index (χ2v) is 17.6. The van der Waals surface area contributed by atoms with Crippen LogP contribution in [0.15, 0.2) is 77.9 Å². The molecule has 5 aliphatic rings. The van der Waals surface area contributed by atoms with Gasteiger partial charge in [0.1, 0.15) is 11.7 Å². The van der Waals surface area contributed by atoms with E-state index in [0.717, 1.165) is 50.5 Å². The minimum absolute atomic E-state index is 0.0399. The highest BCUT2D eigenvalue weighted by Gasteiger charge is 2.64. The van der Waals surface area contributed by atoms with Gasteiger partial charge in [-0.1, -0.05) is 85.7 Å². The molecule has 0 aromatic heterocycles. The van der Waals surface area contributed by atoms with Gasteiger partial charge in [0.15, 0.2) is 6.61 Å². The molecule has 0 unspecified atom stereocenters. The van der Waals surface area contributed by atoms with Crippen LogP contribution in [0.3, 0.4) is 0 Å². The Morgan fingerprint density at radius 1 is 1.04 bits per heavy atom. The average molecular weight is 772 g/mol. The van der Waals surface area contributed by atoms with Crippen molar-refractivity contribution in [3.05, 3.63) is 83.5 Å². The van der Waals surface area contributed by atoms with Gasteiger partial charge in [-0.3, -0.25) is 9.59 Å². The molecule has 0 saturated heterocycles. The van der Waals surface area contributed by atoms with E-state index in [1.54, 1.807) is 11.6 Å². The van der Waals surface area contributed by atoms with Crippen LogP contribution in [0.2, 0.25) is 0 Å². The Balaban J connectivity index is 1.07. The van der Waals surface area contributed by atoms with Gasteiger partial charge in [-0.05, 0) is 120 Å².